The van der Waals surface area contributed by atoms with E-state index in [1.54, 1.807) is 18.2 Å². The van der Waals surface area contributed by atoms with E-state index in [1.165, 1.54) is 60.7 Å². The fraction of sp³-hybridized carbons (Fsp3) is 0.0800. The second kappa shape index (κ2) is 12.5. The van der Waals surface area contributed by atoms with Crippen molar-refractivity contribution in [3.63, 3.8) is 0 Å². The highest BCUT2D eigenvalue weighted by Crippen LogP contribution is 2.16. The average molecular weight is 545 g/mol. The molecule has 0 aliphatic heterocycles. The van der Waals surface area contributed by atoms with Crippen molar-refractivity contribution in [2.75, 3.05) is 0 Å². The Balaban J connectivity index is 1.84. The molecule has 0 aliphatic rings. The molecule has 3 aromatic carbocycles. The number of carbonyl (C=O) groups is 5. The number of aliphatic carboxylic acids is 1. The number of hydrogen-bond acceptors (Lipinski definition) is 7. The van der Waals surface area contributed by atoms with Crippen molar-refractivity contribution in [3.8, 4) is 0 Å². The van der Waals surface area contributed by atoms with Crippen LogP contribution in [0.2, 0.25) is 10.0 Å². The molecule has 12 heteroatoms. The van der Waals surface area contributed by atoms with Crippen LogP contribution >= 0.6 is 23.2 Å². The third kappa shape index (κ3) is 7.53. The van der Waals surface area contributed by atoms with Crippen LogP contribution < -0.4 is 10.9 Å². The summed E-state index contributed by atoms with van der Waals surface area (Å²) in [6.07, 6.45) is -4.49. The molecule has 0 aromatic heterocycles. The molecule has 3 aromatic rings. The topological polar surface area (TPSA) is 148 Å². The van der Waals surface area contributed by atoms with Crippen LogP contribution in [0.3, 0.4) is 0 Å². The number of hydrogen-bond donors (Lipinski definition) is 3. The van der Waals surface area contributed by atoms with Crippen molar-refractivity contribution in [1.29, 1.82) is 0 Å². The van der Waals surface area contributed by atoms with Gasteiger partial charge in [0.05, 0.1) is 11.1 Å². The molecule has 0 fully saturated rings. The molecule has 3 N–H and O–H groups in total. The Morgan fingerprint density at radius 3 is 1.54 bits per heavy atom. The number of esters is 2. The van der Waals surface area contributed by atoms with Crippen LogP contribution in [0, 0.1) is 0 Å². The average Bonchev–Trinajstić information content (AvgIpc) is 2.89. The first-order chi connectivity index (χ1) is 17.7. The summed E-state index contributed by atoms with van der Waals surface area (Å²) >= 11 is 11.6. The summed E-state index contributed by atoms with van der Waals surface area (Å²) in [6.45, 7) is 0. The third-order valence-corrected chi connectivity index (χ3v) is 5.24. The van der Waals surface area contributed by atoms with Gasteiger partial charge in [0.1, 0.15) is 0 Å². The van der Waals surface area contributed by atoms with Crippen molar-refractivity contribution >= 4 is 52.9 Å². The van der Waals surface area contributed by atoms with E-state index >= 15 is 0 Å². The first-order valence-electron chi connectivity index (χ1n) is 10.5. The first-order valence-corrected chi connectivity index (χ1v) is 11.2. The molecule has 190 valence electrons. The normalized spacial score (nSPS) is 11.9. The number of rotatable bonds is 8. The van der Waals surface area contributed by atoms with Gasteiger partial charge in [0.25, 0.3) is 11.8 Å². The van der Waals surface area contributed by atoms with E-state index < -0.39 is 41.9 Å². The van der Waals surface area contributed by atoms with Crippen LogP contribution in [0.1, 0.15) is 31.1 Å². The SMILES string of the molecule is O=C(NNC(=O)[C@H](OC(=O)c1ccc(Cl)cc1)[C@H](OC(=O)c1ccc(Cl)cc1)C(=O)O)c1ccccc1. The number of carboxylic acids is 1. The minimum absolute atomic E-state index is 0.0660. The van der Waals surface area contributed by atoms with Crippen molar-refractivity contribution < 1.29 is 38.6 Å². The van der Waals surface area contributed by atoms with Crippen LogP contribution in [0.5, 0.6) is 0 Å². The molecule has 3 rings (SSSR count). The van der Waals surface area contributed by atoms with Gasteiger partial charge >= 0.3 is 17.9 Å². The van der Waals surface area contributed by atoms with Crippen molar-refractivity contribution in [2.24, 2.45) is 0 Å². The minimum Gasteiger partial charge on any atom is -0.478 e. The number of amides is 2. The fourth-order valence-electron chi connectivity index (χ4n) is 2.88. The lowest BCUT2D eigenvalue weighted by Gasteiger charge is -2.23. The van der Waals surface area contributed by atoms with Gasteiger partial charge in [-0.3, -0.25) is 20.4 Å². The minimum atomic E-state index is -2.28. The van der Waals surface area contributed by atoms with Crippen molar-refractivity contribution in [2.45, 2.75) is 12.2 Å². The molecule has 0 aliphatic carbocycles. The Kier molecular flexibility index (Phi) is 9.20. The summed E-state index contributed by atoms with van der Waals surface area (Å²) in [7, 11) is 0. The molecule has 0 radical (unpaired) electrons. The van der Waals surface area contributed by atoms with Crippen LogP contribution in [0.15, 0.2) is 78.9 Å². The summed E-state index contributed by atoms with van der Waals surface area (Å²) in [5.41, 5.74) is 4.13. The Morgan fingerprint density at radius 1 is 0.622 bits per heavy atom. The van der Waals surface area contributed by atoms with Gasteiger partial charge in [-0.2, -0.15) is 0 Å². The molecule has 0 unspecified atom stereocenters. The smallest absolute Gasteiger partial charge is 0.349 e. The molecule has 37 heavy (non-hydrogen) atoms. The monoisotopic (exact) mass is 544 g/mol. The Morgan fingerprint density at radius 2 is 1.08 bits per heavy atom. The first kappa shape index (κ1) is 27.2. The molecule has 0 saturated carbocycles. The Labute approximate surface area is 220 Å². The van der Waals surface area contributed by atoms with Crippen LogP contribution in [0.25, 0.3) is 0 Å². The molecule has 2 amide bonds. The van der Waals surface area contributed by atoms with Gasteiger partial charge in [-0.05, 0) is 60.7 Å². The van der Waals surface area contributed by atoms with E-state index in [1.807, 2.05) is 5.43 Å². The molecule has 0 saturated heterocycles. The van der Waals surface area contributed by atoms with Gasteiger partial charge in [-0.25, -0.2) is 14.4 Å². The van der Waals surface area contributed by atoms with Gasteiger partial charge < -0.3 is 14.6 Å². The predicted octanol–water partition coefficient (Wildman–Crippen LogP) is 3.29. The predicted molar refractivity (Wildman–Crippen MR) is 131 cm³/mol. The summed E-state index contributed by atoms with van der Waals surface area (Å²) < 4.78 is 10.1. The summed E-state index contributed by atoms with van der Waals surface area (Å²) in [5.74, 6) is -6.04. The summed E-state index contributed by atoms with van der Waals surface area (Å²) in [4.78, 5) is 62.4. The van der Waals surface area contributed by atoms with Gasteiger partial charge in [-0.1, -0.05) is 41.4 Å². The maximum atomic E-state index is 12.9. The maximum absolute atomic E-state index is 12.9. The highest BCUT2D eigenvalue weighted by atomic mass is 35.5. The lowest BCUT2D eigenvalue weighted by atomic mass is 10.1. The quantitative estimate of drug-likeness (QED) is 0.289. The number of benzene rings is 3. The Hall–Kier alpha value is -4.41. The standard InChI is InChI=1S/C25H18Cl2N2O8/c26-17-10-6-15(7-11-17)24(34)36-19(22(31)29-28-21(30)14-4-2-1-3-5-14)20(23(32)33)37-25(35)16-8-12-18(27)13-9-16/h1-13,19-20H,(H,28,30)(H,29,31)(H,32,33)/t19-,20+/m1/s1. The van der Waals surface area contributed by atoms with E-state index in [-0.39, 0.29) is 16.7 Å². The summed E-state index contributed by atoms with van der Waals surface area (Å²) in [5, 5.41) is 10.4. The van der Waals surface area contributed by atoms with E-state index in [0.29, 0.717) is 10.0 Å². The van der Waals surface area contributed by atoms with Crippen molar-refractivity contribution in [3.05, 3.63) is 106 Å². The number of carboxylic acid groups (broad SMARTS) is 1. The lowest BCUT2D eigenvalue weighted by Crippen LogP contribution is -2.54. The van der Waals surface area contributed by atoms with Gasteiger partial charge in [0.15, 0.2) is 0 Å². The molecule has 10 nitrogen and oxygen atoms in total. The molecule has 0 bridgehead atoms. The Bertz CT molecular complexity index is 1300. The van der Waals surface area contributed by atoms with Gasteiger partial charge in [-0.15, -0.1) is 0 Å². The zero-order valence-corrected chi connectivity index (χ0v) is 20.2. The molecular formula is C25H18Cl2N2O8. The van der Waals surface area contributed by atoms with E-state index in [2.05, 4.69) is 5.43 Å². The number of hydrazine groups is 1. The van der Waals surface area contributed by atoms with E-state index in [4.69, 9.17) is 32.7 Å². The second-order valence-corrected chi connectivity index (χ2v) is 8.19. The number of ether oxygens (including phenoxy) is 2. The second-order valence-electron chi connectivity index (χ2n) is 7.31. The molecular weight excluding hydrogens is 527 g/mol. The molecule has 0 spiro atoms. The third-order valence-electron chi connectivity index (χ3n) is 4.74. The molecule has 2 atom stereocenters. The maximum Gasteiger partial charge on any atom is 0.349 e. The highest BCUT2D eigenvalue weighted by Gasteiger charge is 2.41. The highest BCUT2D eigenvalue weighted by molar-refractivity contribution is 6.31. The van der Waals surface area contributed by atoms with Gasteiger partial charge in [0, 0.05) is 15.6 Å². The van der Waals surface area contributed by atoms with Crippen LogP contribution in [-0.2, 0) is 19.1 Å². The lowest BCUT2D eigenvalue weighted by molar-refractivity contribution is -0.159. The van der Waals surface area contributed by atoms with Crippen LogP contribution in [0.4, 0.5) is 0 Å². The van der Waals surface area contributed by atoms with E-state index in [0.717, 1.165) is 0 Å². The number of carbonyl (C=O) groups excluding carboxylic acids is 4. The molecule has 0 heterocycles. The van der Waals surface area contributed by atoms with Gasteiger partial charge in [0.2, 0.25) is 12.2 Å². The van der Waals surface area contributed by atoms with Crippen LogP contribution in [-0.4, -0.2) is 47.0 Å². The fourth-order valence-corrected chi connectivity index (χ4v) is 3.14. The zero-order chi connectivity index (χ0) is 26.9. The largest absolute Gasteiger partial charge is 0.478 e. The van der Waals surface area contributed by atoms with E-state index in [9.17, 15) is 29.1 Å². The van der Waals surface area contributed by atoms with Crippen molar-refractivity contribution in [1.82, 2.24) is 10.9 Å². The zero-order valence-electron chi connectivity index (χ0n) is 18.7. The number of halogens is 2. The number of nitrogens with one attached hydrogen (secondary N) is 2. The summed E-state index contributed by atoms with van der Waals surface area (Å²) in [6, 6.07) is 18.4.